The third-order valence-corrected chi connectivity index (χ3v) is 4.39. The number of piperidine rings is 1. The molecule has 1 saturated heterocycles. The molecule has 1 heterocycles. The largest absolute Gasteiger partial charge is 0.497 e. The van der Waals surface area contributed by atoms with Crippen LogP contribution in [0.3, 0.4) is 0 Å². The Labute approximate surface area is 137 Å². The van der Waals surface area contributed by atoms with Gasteiger partial charge in [-0.15, -0.1) is 0 Å². The summed E-state index contributed by atoms with van der Waals surface area (Å²) in [5.41, 5.74) is 0.875. The van der Waals surface area contributed by atoms with Crippen LogP contribution in [0.4, 0.5) is 0 Å². The molecule has 1 atom stereocenters. The number of likely N-dealkylation sites (tertiary alicyclic amines) is 1. The number of methoxy groups -OCH3 is 1. The lowest BCUT2D eigenvalue weighted by Crippen LogP contribution is -2.48. The van der Waals surface area contributed by atoms with E-state index < -0.39 is 10.0 Å². The second-order valence-corrected chi connectivity index (χ2v) is 7.40. The Kier molecular flexibility index (Phi) is 5.79. The van der Waals surface area contributed by atoms with E-state index in [2.05, 4.69) is 4.72 Å². The van der Waals surface area contributed by atoms with Crippen LogP contribution in [0.1, 0.15) is 18.4 Å². The van der Waals surface area contributed by atoms with E-state index in [1.54, 1.807) is 18.1 Å². The van der Waals surface area contributed by atoms with E-state index >= 15 is 0 Å². The molecule has 7 heteroatoms. The highest BCUT2D eigenvalue weighted by Gasteiger charge is 2.24. The van der Waals surface area contributed by atoms with Crippen LogP contribution in [0.5, 0.6) is 5.75 Å². The Morgan fingerprint density at radius 2 is 2.22 bits per heavy atom. The normalized spacial score (nSPS) is 19.0. The molecule has 6 nitrogen and oxygen atoms in total. The molecule has 0 aliphatic carbocycles. The Bertz CT molecular complexity index is 685. The molecular formula is C16H22N2O4S. The number of benzene rings is 1. The van der Waals surface area contributed by atoms with Crippen LogP contribution < -0.4 is 9.46 Å². The van der Waals surface area contributed by atoms with E-state index in [0.29, 0.717) is 13.1 Å². The number of carbonyl (C=O) groups excluding carboxylic acids is 1. The fraction of sp³-hybridized carbons (Fsp3) is 0.438. The molecule has 1 aromatic rings. The zero-order valence-corrected chi connectivity index (χ0v) is 14.2. The summed E-state index contributed by atoms with van der Waals surface area (Å²) in [6.45, 7) is 1.04. The lowest BCUT2D eigenvalue weighted by atomic mass is 10.1. The highest BCUT2D eigenvalue weighted by Crippen LogP contribution is 2.15. The van der Waals surface area contributed by atoms with Gasteiger partial charge in [-0.05, 0) is 36.6 Å². The van der Waals surface area contributed by atoms with Gasteiger partial charge in [-0.2, -0.15) is 0 Å². The van der Waals surface area contributed by atoms with Crippen molar-refractivity contribution in [2.75, 3.05) is 26.5 Å². The maximum atomic E-state index is 12.3. The van der Waals surface area contributed by atoms with E-state index in [0.717, 1.165) is 30.4 Å². The topological polar surface area (TPSA) is 75.7 Å². The van der Waals surface area contributed by atoms with E-state index in [9.17, 15) is 13.2 Å². The third-order valence-electron chi connectivity index (χ3n) is 3.63. The van der Waals surface area contributed by atoms with Gasteiger partial charge in [-0.25, -0.2) is 13.1 Å². The molecule has 0 radical (unpaired) electrons. The average Bonchev–Trinajstić information content (AvgIpc) is 2.51. The van der Waals surface area contributed by atoms with Crippen LogP contribution in [0, 0.1) is 0 Å². The molecule has 0 spiro atoms. The van der Waals surface area contributed by atoms with Gasteiger partial charge in [0.05, 0.1) is 13.4 Å². The highest BCUT2D eigenvalue weighted by atomic mass is 32.2. The van der Waals surface area contributed by atoms with Crippen molar-refractivity contribution < 1.29 is 17.9 Å². The second-order valence-electron chi connectivity index (χ2n) is 5.62. The van der Waals surface area contributed by atoms with Crippen LogP contribution in [0.25, 0.3) is 6.08 Å². The lowest BCUT2D eigenvalue weighted by Gasteiger charge is -2.32. The zero-order valence-electron chi connectivity index (χ0n) is 13.4. The summed E-state index contributed by atoms with van der Waals surface area (Å²) >= 11 is 0. The molecule has 1 aliphatic heterocycles. The number of nitrogens with one attached hydrogen (secondary N) is 1. The molecule has 126 valence electrons. The minimum Gasteiger partial charge on any atom is -0.497 e. The quantitative estimate of drug-likeness (QED) is 0.820. The van der Waals surface area contributed by atoms with E-state index in [4.69, 9.17) is 4.74 Å². The molecule has 0 bridgehead atoms. The lowest BCUT2D eigenvalue weighted by molar-refractivity contribution is -0.127. The number of hydrogen-bond acceptors (Lipinski definition) is 4. The monoisotopic (exact) mass is 338 g/mol. The molecular weight excluding hydrogens is 316 g/mol. The summed E-state index contributed by atoms with van der Waals surface area (Å²) in [5, 5.41) is 0. The molecule has 0 saturated carbocycles. The summed E-state index contributed by atoms with van der Waals surface area (Å²) in [5.74, 6) is 0.614. The minimum atomic E-state index is -3.26. The predicted molar refractivity (Wildman–Crippen MR) is 89.6 cm³/mol. The zero-order chi connectivity index (χ0) is 16.9. The van der Waals surface area contributed by atoms with Crippen LogP contribution in [-0.4, -0.2) is 51.7 Å². The number of rotatable bonds is 5. The Hall–Kier alpha value is -1.86. The van der Waals surface area contributed by atoms with Gasteiger partial charge in [0.25, 0.3) is 0 Å². The molecule has 2 rings (SSSR count). The Balaban J connectivity index is 1.98. The summed E-state index contributed by atoms with van der Waals surface area (Å²) in [6, 6.07) is 7.21. The van der Waals surface area contributed by atoms with Crippen molar-refractivity contribution in [3.8, 4) is 5.75 Å². The predicted octanol–water partition coefficient (Wildman–Crippen LogP) is 1.25. The van der Waals surface area contributed by atoms with Crippen molar-refractivity contribution in [2.24, 2.45) is 0 Å². The van der Waals surface area contributed by atoms with Gasteiger partial charge in [0, 0.05) is 25.2 Å². The molecule has 23 heavy (non-hydrogen) atoms. The smallest absolute Gasteiger partial charge is 0.246 e. The van der Waals surface area contributed by atoms with Gasteiger partial charge in [-0.1, -0.05) is 12.1 Å². The molecule has 0 aromatic heterocycles. The number of nitrogens with zero attached hydrogens (tertiary/aromatic N) is 1. The van der Waals surface area contributed by atoms with Gasteiger partial charge >= 0.3 is 0 Å². The number of ether oxygens (including phenoxy) is 1. The summed E-state index contributed by atoms with van der Waals surface area (Å²) in [6.07, 6.45) is 5.91. The van der Waals surface area contributed by atoms with Crippen LogP contribution in [-0.2, 0) is 14.8 Å². The molecule has 1 aromatic carbocycles. The van der Waals surface area contributed by atoms with Gasteiger partial charge in [0.15, 0.2) is 0 Å². The SMILES string of the molecule is COc1cccc(/C=C\C(=O)N2CCC[C@@H](NS(C)(=O)=O)C2)c1. The van der Waals surface area contributed by atoms with Crippen molar-refractivity contribution in [3.05, 3.63) is 35.9 Å². The molecule has 1 N–H and O–H groups in total. The first-order valence-electron chi connectivity index (χ1n) is 7.46. The standard InChI is InChI=1S/C16H22N2O4S/c1-22-15-7-3-5-13(11-15)8-9-16(19)18-10-4-6-14(12-18)17-23(2,20)21/h3,5,7-9,11,14,17H,4,6,10,12H2,1-2H3/b9-8-/t14-/m1/s1. The molecule has 1 amide bonds. The summed E-state index contributed by atoms with van der Waals surface area (Å²) in [4.78, 5) is 13.9. The minimum absolute atomic E-state index is 0.118. The third kappa shape index (κ3) is 5.69. The number of hydrogen-bond donors (Lipinski definition) is 1. The van der Waals surface area contributed by atoms with Crippen molar-refractivity contribution >= 4 is 22.0 Å². The number of amides is 1. The van der Waals surface area contributed by atoms with E-state index in [1.807, 2.05) is 24.3 Å². The van der Waals surface area contributed by atoms with Crippen LogP contribution in [0.2, 0.25) is 0 Å². The Morgan fingerprint density at radius 3 is 2.91 bits per heavy atom. The van der Waals surface area contributed by atoms with Crippen LogP contribution >= 0.6 is 0 Å². The summed E-state index contributed by atoms with van der Waals surface area (Å²) < 4.78 is 30.3. The molecule has 1 aliphatic rings. The second kappa shape index (κ2) is 7.61. The maximum absolute atomic E-state index is 12.3. The first kappa shape index (κ1) is 17.5. The first-order chi connectivity index (χ1) is 10.9. The van der Waals surface area contributed by atoms with Crippen molar-refractivity contribution in [2.45, 2.75) is 18.9 Å². The molecule has 1 fully saturated rings. The summed E-state index contributed by atoms with van der Waals surface area (Å²) in [7, 11) is -1.66. The first-order valence-corrected chi connectivity index (χ1v) is 9.35. The van der Waals surface area contributed by atoms with Gasteiger partial charge in [0.1, 0.15) is 5.75 Å². The average molecular weight is 338 g/mol. The van der Waals surface area contributed by atoms with Gasteiger partial charge in [-0.3, -0.25) is 4.79 Å². The Morgan fingerprint density at radius 1 is 1.43 bits per heavy atom. The van der Waals surface area contributed by atoms with Gasteiger partial charge in [0.2, 0.25) is 15.9 Å². The fourth-order valence-corrected chi connectivity index (χ4v) is 3.39. The number of sulfonamides is 1. The van der Waals surface area contributed by atoms with Crippen LogP contribution in [0.15, 0.2) is 30.3 Å². The highest BCUT2D eigenvalue weighted by molar-refractivity contribution is 7.88. The maximum Gasteiger partial charge on any atom is 0.246 e. The van der Waals surface area contributed by atoms with Crippen molar-refractivity contribution in [1.82, 2.24) is 9.62 Å². The fourth-order valence-electron chi connectivity index (χ4n) is 2.59. The van der Waals surface area contributed by atoms with Crippen molar-refractivity contribution in [1.29, 1.82) is 0 Å². The van der Waals surface area contributed by atoms with E-state index in [1.165, 1.54) is 6.08 Å². The molecule has 0 unspecified atom stereocenters. The van der Waals surface area contributed by atoms with Gasteiger partial charge < -0.3 is 9.64 Å². The van der Waals surface area contributed by atoms with Crippen molar-refractivity contribution in [3.63, 3.8) is 0 Å². The number of carbonyl (C=O) groups is 1. The van der Waals surface area contributed by atoms with E-state index in [-0.39, 0.29) is 11.9 Å².